The fourth-order valence-corrected chi connectivity index (χ4v) is 2.89. The first-order chi connectivity index (χ1) is 9.13. The second-order valence-electron chi connectivity index (χ2n) is 5.20. The molecule has 0 bridgehead atoms. The van der Waals surface area contributed by atoms with Crippen molar-refractivity contribution in [1.29, 1.82) is 0 Å². The van der Waals surface area contributed by atoms with Gasteiger partial charge in [0, 0.05) is 13.0 Å². The molecular formula is C14H21NO4. The Labute approximate surface area is 113 Å². The number of carbonyl (C=O) groups excluding carboxylic acids is 1. The van der Waals surface area contributed by atoms with Crippen molar-refractivity contribution in [2.75, 3.05) is 19.8 Å². The molecule has 1 aliphatic carbocycles. The molecule has 19 heavy (non-hydrogen) atoms. The maximum atomic E-state index is 12.3. The summed E-state index contributed by atoms with van der Waals surface area (Å²) < 4.78 is 5.25. The number of hydrogen-bond donors (Lipinski definition) is 1. The molecule has 0 aromatic carbocycles. The van der Waals surface area contributed by atoms with Gasteiger partial charge in [0.2, 0.25) is 5.91 Å². The van der Waals surface area contributed by atoms with Crippen LogP contribution in [0.4, 0.5) is 0 Å². The zero-order valence-electron chi connectivity index (χ0n) is 11.2. The van der Waals surface area contributed by atoms with E-state index in [9.17, 15) is 9.59 Å². The van der Waals surface area contributed by atoms with Crippen molar-refractivity contribution in [3.63, 3.8) is 0 Å². The summed E-state index contributed by atoms with van der Waals surface area (Å²) in [5.41, 5.74) is 0. The van der Waals surface area contributed by atoms with Crippen molar-refractivity contribution in [3.05, 3.63) is 12.2 Å². The topological polar surface area (TPSA) is 66.8 Å². The van der Waals surface area contributed by atoms with Gasteiger partial charge < -0.3 is 14.7 Å². The Kier molecular flexibility index (Phi) is 4.58. The van der Waals surface area contributed by atoms with Crippen molar-refractivity contribution < 1.29 is 19.4 Å². The monoisotopic (exact) mass is 267 g/mol. The molecular weight excluding hydrogens is 246 g/mol. The van der Waals surface area contributed by atoms with Crippen LogP contribution in [0.1, 0.15) is 26.2 Å². The largest absolute Gasteiger partial charge is 0.481 e. The average molecular weight is 267 g/mol. The molecule has 2 aliphatic rings. The minimum atomic E-state index is -0.880. The molecule has 0 aromatic heterocycles. The van der Waals surface area contributed by atoms with Crippen LogP contribution in [0, 0.1) is 11.8 Å². The van der Waals surface area contributed by atoms with E-state index in [1.165, 1.54) is 0 Å². The van der Waals surface area contributed by atoms with E-state index in [-0.39, 0.29) is 18.6 Å². The zero-order chi connectivity index (χ0) is 13.8. The summed E-state index contributed by atoms with van der Waals surface area (Å²) in [7, 11) is 0. The Morgan fingerprint density at radius 3 is 2.79 bits per heavy atom. The number of likely N-dealkylation sites (N-methyl/N-ethyl adjacent to an activating group) is 1. The normalized spacial score (nSPS) is 29.6. The highest BCUT2D eigenvalue weighted by Gasteiger charge is 2.39. The molecule has 106 valence electrons. The molecule has 1 fully saturated rings. The maximum Gasteiger partial charge on any atom is 0.311 e. The van der Waals surface area contributed by atoms with Gasteiger partial charge in [-0.05, 0) is 25.7 Å². The summed E-state index contributed by atoms with van der Waals surface area (Å²) in [5.74, 6) is -1.12. The van der Waals surface area contributed by atoms with Gasteiger partial charge in [0.25, 0.3) is 0 Å². The first-order valence-corrected chi connectivity index (χ1v) is 6.90. The van der Waals surface area contributed by atoms with Gasteiger partial charge in [0.1, 0.15) is 5.92 Å². The highest BCUT2D eigenvalue weighted by Crippen LogP contribution is 2.25. The molecule has 1 aliphatic heterocycles. The first kappa shape index (κ1) is 14.1. The molecule has 0 spiro atoms. The third kappa shape index (κ3) is 3.15. The SMILES string of the molecule is CCN(C(=O)CC1C=CCC1)C1COCC1C(=O)O. The van der Waals surface area contributed by atoms with E-state index in [4.69, 9.17) is 9.84 Å². The molecule has 5 nitrogen and oxygen atoms in total. The average Bonchev–Trinajstić information content (AvgIpc) is 3.00. The summed E-state index contributed by atoms with van der Waals surface area (Å²) in [5, 5.41) is 9.16. The third-order valence-corrected chi connectivity index (χ3v) is 3.98. The molecule has 1 N–H and O–H groups in total. The molecule has 0 radical (unpaired) electrons. The standard InChI is InChI=1S/C14H21NO4/c1-2-15(12-9-19-8-11(12)14(17)18)13(16)7-10-5-3-4-6-10/h3,5,10-12H,2,4,6-9H2,1H3,(H,17,18). The Balaban J connectivity index is 1.99. The minimum Gasteiger partial charge on any atom is -0.481 e. The quantitative estimate of drug-likeness (QED) is 0.762. The van der Waals surface area contributed by atoms with E-state index in [0.29, 0.717) is 25.5 Å². The molecule has 1 heterocycles. The van der Waals surface area contributed by atoms with Crippen LogP contribution in [0.25, 0.3) is 0 Å². The lowest BCUT2D eigenvalue weighted by Gasteiger charge is -2.30. The number of hydrogen-bond acceptors (Lipinski definition) is 3. The van der Waals surface area contributed by atoms with Gasteiger partial charge in [-0.15, -0.1) is 0 Å². The molecule has 0 aromatic rings. The molecule has 3 unspecified atom stereocenters. The molecule has 1 saturated heterocycles. The van der Waals surface area contributed by atoms with Crippen LogP contribution in [0.2, 0.25) is 0 Å². The zero-order valence-corrected chi connectivity index (χ0v) is 11.2. The summed E-state index contributed by atoms with van der Waals surface area (Å²) in [4.78, 5) is 25.2. The Hall–Kier alpha value is -1.36. The fourth-order valence-electron chi connectivity index (χ4n) is 2.89. The number of amides is 1. The van der Waals surface area contributed by atoms with E-state index < -0.39 is 11.9 Å². The number of ether oxygens (including phenoxy) is 1. The number of rotatable bonds is 5. The Bertz CT molecular complexity index is 380. The first-order valence-electron chi connectivity index (χ1n) is 6.90. The number of nitrogens with zero attached hydrogens (tertiary/aromatic N) is 1. The van der Waals surface area contributed by atoms with Crippen LogP contribution in [-0.2, 0) is 14.3 Å². The minimum absolute atomic E-state index is 0.0424. The summed E-state index contributed by atoms with van der Waals surface area (Å²) in [6.45, 7) is 2.96. The number of aliphatic carboxylic acids is 1. The van der Waals surface area contributed by atoms with Crippen molar-refractivity contribution >= 4 is 11.9 Å². The van der Waals surface area contributed by atoms with Gasteiger partial charge >= 0.3 is 5.97 Å². The van der Waals surface area contributed by atoms with Gasteiger partial charge in [-0.1, -0.05) is 12.2 Å². The van der Waals surface area contributed by atoms with E-state index in [1.54, 1.807) is 4.90 Å². The lowest BCUT2D eigenvalue weighted by molar-refractivity contribution is -0.145. The number of carboxylic acid groups (broad SMARTS) is 1. The fraction of sp³-hybridized carbons (Fsp3) is 0.714. The van der Waals surface area contributed by atoms with Crippen LogP contribution in [0.3, 0.4) is 0 Å². The van der Waals surface area contributed by atoms with Crippen molar-refractivity contribution in [3.8, 4) is 0 Å². The lowest BCUT2D eigenvalue weighted by atomic mass is 9.99. The van der Waals surface area contributed by atoms with Crippen LogP contribution in [0.15, 0.2) is 12.2 Å². The Morgan fingerprint density at radius 2 is 2.21 bits per heavy atom. The van der Waals surface area contributed by atoms with E-state index >= 15 is 0 Å². The Morgan fingerprint density at radius 1 is 1.42 bits per heavy atom. The molecule has 5 heteroatoms. The van der Waals surface area contributed by atoms with Crippen LogP contribution >= 0.6 is 0 Å². The molecule has 2 rings (SSSR count). The van der Waals surface area contributed by atoms with E-state index in [2.05, 4.69) is 12.2 Å². The van der Waals surface area contributed by atoms with Gasteiger partial charge in [0.05, 0.1) is 19.3 Å². The van der Waals surface area contributed by atoms with Crippen LogP contribution in [-0.4, -0.2) is 47.7 Å². The summed E-state index contributed by atoms with van der Waals surface area (Å²) in [6.07, 6.45) is 6.73. The van der Waals surface area contributed by atoms with Crippen molar-refractivity contribution in [2.45, 2.75) is 32.2 Å². The van der Waals surface area contributed by atoms with Crippen molar-refractivity contribution in [1.82, 2.24) is 4.90 Å². The van der Waals surface area contributed by atoms with Gasteiger partial charge in [-0.3, -0.25) is 9.59 Å². The number of allylic oxidation sites excluding steroid dienone is 2. The van der Waals surface area contributed by atoms with Gasteiger partial charge in [0.15, 0.2) is 0 Å². The highest BCUT2D eigenvalue weighted by molar-refractivity contribution is 5.79. The second-order valence-corrected chi connectivity index (χ2v) is 5.20. The van der Waals surface area contributed by atoms with Gasteiger partial charge in [-0.25, -0.2) is 0 Å². The highest BCUT2D eigenvalue weighted by atomic mass is 16.5. The van der Waals surface area contributed by atoms with Crippen LogP contribution in [0.5, 0.6) is 0 Å². The maximum absolute atomic E-state index is 12.3. The predicted octanol–water partition coefficient (Wildman–Crippen LogP) is 1.29. The molecule has 0 saturated carbocycles. The second kappa shape index (κ2) is 6.19. The van der Waals surface area contributed by atoms with Gasteiger partial charge in [-0.2, -0.15) is 0 Å². The summed E-state index contributed by atoms with van der Waals surface area (Å²) in [6, 6.07) is -0.319. The summed E-state index contributed by atoms with van der Waals surface area (Å²) >= 11 is 0. The number of carbonyl (C=O) groups is 2. The van der Waals surface area contributed by atoms with E-state index in [0.717, 1.165) is 12.8 Å². The predicted molar refractivity (Wildman–Crippen MR) is 69.6 cm³/mol. The van der Waals surface area contributed by atoms with Crippen molar-refractivity contribution in [2.24, 2.45) is 11.8 Å². The molecule has 1 amide bonds. The van der Waals surface area contributed by atoms with Crippen LogP contribution < -0.4 is 0 Å². The smallest absolute Gasteiger partial charge is 0.311 e. The molecule has 3 atom stereocenters. The number of carboxylic acids is 1. The third-order valence-electron chi connectivity index (χ3n) is 3.98. The lowest BCUT2D eigenvalue weighted by Crippen LogP contribution is -2.46. The van der Waals surface area contributed by atoms with E-state index in [1.807, 2.05) is 6.92 Å².